The van der Waals surface area contributed by atoms with Crippen molar-refractivity contribution in [3.63, 3.8) is 0 Å². The summed E-state index contributed by atoms with van der Waals surface area (Å²) in [6, 6.07) is 1.59. The summed E-state index contributed by atoms with van der Waals surface area (Å²) in [5.74, 6) is 0.00742. The maximum absolute atomic E-state index is 12.5. The second kappa shape index (κ2) is 10.3. The Morgan fingerprint density at radius 1 is 0.893 bits per heavy atom. The molecule has 0 spiro atoms. The number of rotatable bonds is 6. The van der Waals surface area contributed by atoms with Crippen LogP contribution in [0, 0.1) is 0 Å². The van der Waals surface area contributed by atoms with Gasteiger partial charge < -0.3 is 19.5 Å². The molecule has 2 fully saturated rings. The fourth-order valence-corrected chi connectivity index (χ4v) is 3.70. The molecule has 0 atom stereocenters. The van der Waals surface area contributed by atoms with Gasteiger partial charge in [-0.1, -0.05) is 12.8 Å². The SMILES string of the molecule is O=C(NCCC(=O)N1CCN(CC(=O)N2CCCCCC2)CC1)c1ccoc1. The zero-order valence-corrected chi connectivity index (χ0v) is 16.4. The summed E-state index contributed by atoms with van der Waals surface area (Å²) in [7, 11) is 0. The number of hydrogen-bond acceptors (Lipinski definition) is 5. The van der Waals surface area contributed by atoms with E-state index in [1.54, 1.807) is 6.07 Å². The first-order valence-electron chi connectivity index (χ1n) is 10.2. The molecule has 8 heteroatoms. The van der Waals surface area contributed by atoms with Crippen molar-refractivity contribution in [2.75, 3.05) is 52.4 Å². The number of amides is 3. The highest BCUT2D eigenvalue weighted by atomic mass is 16.3. The van der Waals surface area contributed by atoms with Crippen molar-refractivity contribution >= 4 is 17.7 Å². The lowest BCUT2D eigenvalue weighted by Gasteiger charge is -2.35. The highest BCUT2D eigenvalue weighted by Crippen LogP contribution is 2.11. The van der Waals surface area contributed by atoms with Crippen LogP contribution in [0.1, 0.15) is 42.5 Å². The molecule has 3 heterocycles. The molecular formula is C20H30N4O4. The number of piperazine rings is 1. The number of nitrogens with one attached hydrogen (secondary N) is 1. The minimum absolute atomic E-state index is 0.0333. The van der Waals surface area contributed by atoms with Gasteiger partial charge in [-0.05, 0) is 18.9 Å². The lowest BCUT2D eigenvalue weighted by Crippen LogP contribution is -2.52. The Kier molecular flexibility index (Phi) is 7.47. The lowest BCUT2D eigenvalue weighted by molar-refractivity contribution is -0.135. The Labute approximate surface area is 165 Å². The van der Waals surface area contributed by atoms with Crippen LogP contribution in [-0.2, 0) is 9.59 Å². The molecule has 0 unspecified atom stereocenters. The summed E-state index contributed by atoms with van der Waals surface area (Å²) in [5, 5.41) is 2.72. The van der Waals surface area contributed by atoms with Crippen LogP contribution >= 0.6 is 0 Å². The molecule has 0 bridgehead atoms. The minimum Gasteiger partial charge on any atom is -0.472 e. The fourth-order valence-electron chi connectivity index (χ4n) is 3.70. The van der Waals surface area contributed by atoms with Gasteiger partial charge in [-0.2, -0.15) is 0 Å². The third kappa shape index (κ3) is 5.82. The monoisotopic (exact) mass is 390 g/mol. The molecule has 2 saturated heterocycles. The van der Waals surface area contributed by atoms with E-state index in [1.807, 2.05) is 9.80 Å². The molecule has 28 heavy (non-hydrogen) atoms. The van der Waals surface area contributed by atoms with Crippen molar-refractivity contribution < 1.29 is 18.8 Å². The van der Waals surface area contributed by atoms with Gasteiger partial charge in [-0.15, -0.1) is 0 Å². The Balaban J connectivity index is 1.33. The third-order valence-corrected chi connectivity index (χ3v) is 5.45. The van der Waals surface area contributed by atoms with Gasteiger partial charge in [0.05, 0.1) is 18.4 Å². The minimum atomic E-state index is -0.238. The van der Waals surface area contributed by atoms with Gasteiger partial charge in [0, 0.05) is 52.2 Å². The van der Waals surface area contributed by atoms with E-state index < -0.39 is 0 Å². The van der Waals surface area contributed by atoms with E-state index in [-0.39, 0.29) is 24.1 Å². The lowest BCUT2D eigenvalue weighted by atomic mass is 10.2. The average Bonchev–Trinajstić information content (AvgIpc) is 3.11. The van der Waals surface area contributed by atoms with Gasteiger partial charge in [0.15, 0.2) is 0 Å². The van der Waals surface area contributed by atoms with Crippen molar-refractivity contribution in [1.82, 2.24) is 20.0 Å². The van der Waals surface area contributed by atoms with Gasteiger partial charge in [-0.25, -0.2) is 0 Å². The van der Waals surface area contributed by atoms with E-state index in [0.717, 1.165) is 25.9 Å². The largest absolute Gasteiger partial charge is 0.472 e. The second-order valence-corrected chi connectivity index (χ2v) is 7.47. The van der Waals surface area contributed by atoms with Crippen molar-refractivity contribution in [2.45, 2.75) is 32.1 Å². The van der Waals surface area contributed by atoms with E-state index in [4.69, 9.17) is 4.42 Å². The molecule has 3 rings (SSSR count). The molecule has 154 valence electrons. The van der Waals surface area contributed by atoms with Crippen molar-refractivity contribution in [3.8, 4) is 0 Å². The average molecular weight is 390 g/mol. The molecule has 1 N–H and O–H groups in total. The first kappa shape index (κ1) is 20.4. The summed E-state index contributed by atoms with van der Waals surface area (Å²) < 4.78 is 4.87. The highest BCUT2D eigenvalue weighted by molar-refractivity contribution is 5.94. The molecule has 2 aliphatic heterocycles. The molecule has 8 nitrogen and oxygen atoms in total. The number of carbonyl (C=O) groups excluding carboxylic acids is 3. The first-order chi connectivity index (χ1) is 13.6. The van der Waals surface area contributed by atoms with Crippen LogP contribution in [-0.4, -0.2) is 84.8 Å². The number of nitrogens with zero attached hydrogens (tertiary/aromatic N) is 3. The Hall–Kier alpha value is -2.35. The number of likely N-dealkylation sites (tertiary alicyclic amines) is 1. The summed E-state index contributed by atoms with van der Waals surface area (Å²) in [5.41, 5.74) is 0.454. The summed E-state index contributed by atoms with van der Waals surface area (Å²) in [6.07, 6.45) is 7.73. The maximum Gasteiger partial charge on any atom is 0.254 e. The van der Waals surface area contributed by atoms with Gasteiger partial charge >= 0.3 is 0 Å². The first-order valence-corrected chi connectivity index (χ1v) is 10.2. The van der Waals surface area contributed by atoms with Crippen molar-refractivity contribution in [3.05, 3.63) is 24.2 Å². The normalized spacial score (nSPS) is 18.6. The predicted molar refractivity (Wildman–Crippen MR) is 104 cm³/mol. The predicted octanol–water partition coefficient (Wildman–Crippen LogP) is 0.946. The highest BCUT2D eigenvalue weighted by Gasteiger charge is 2.24. The van der Waals surface area contributed by atoms with Gasteiger partial charge in [0.2, 0.25) is 11.8 Å². The molecule has 0 aromatic carbocycles. The van der Waals surface area contributed by atoms with Crippen LogP contribution in [0.25, 0.3) is 0 Å². The van der Waals surface area contributed by atoms with Gasteiger partial charge in [0.1, 0.15) is 6.26 Å². The zero-order valence-electron chi connectivity index (χ0n) is 16.4. The summed E-state index contributed by atoms with van der Waals surface area (Å²) >= 11 is 0. The van der Waals surface area contributed by atoms with Crippen molar-refractivity contribution in [2.24, 2.45) is 0 Å². The van der Waals surface area contributed by atoms with Crippen LogP contribution in [0.15, 0.2) is 23.0 Å². The molecule has 0 radical (unpaired) electrons. The smallest absolute Gasteiger partial charge is 0.254 e. The fraction of sp³-hybridized carbons (Fsp3) is 0.650. The molecule has 0 saturated carbocycles. The van der Waals surface area contributed by atoms with Crippen LogP contribution in [0.3, 0.4) is 0 Å². The van der Waals surface area contributed by atoms with Crippen LogP contribution in [0.2, 0.25) is 0 Å². The second-order valence-electron chi connectivity index (χ2n) is 7.47. The molecule has 3 amide bonds. The Bertz CT molecular complexity index is 645. The summed E-state index contributed by atoms with van der Waals surface area (Å²) in [4.78, 5) is 42.6. The molecule has 2 aliphatic rings. The topological polar surface area (TPSA) is 86.1 Å². The van der Waals surface area contributed by atoms with Crippen LogP contribution in [0.4, 0.5) is 0 Å². The Morgan fingerprint density at radius 3 is 2.21 bits per heavy atom. The van der Waals surface area contributed by atoms with Gasteiger partial charge in [-0.3, -0.25) is 19.3 Å². The number of hydrogen-bond donors (Lipinski definition) is 1. The van der Waals surface area contributed by atoms with Crippen LogP contribution in [0.5, 0.6) is 0 Å². The molecular weight excluding hydrogens is 360 g/mol. The maximum atomic E-state index is 12.5. The van der Waals surface area contributed by atoms with E-state index in [9.17, 15) is 14.4 Å². The number of carbonyl (C=O) groups is 3. The van der Waals surface area contributed by atoms with Gasteiger partial charge in [0.25, 0.3) is 5.91 Å². The summed E-state index contributed by atoms with van der Waals surface area (Å²) in [6.45, 7) is 5.19. The van der Waals surface area contributed by atoms with Crippen molar-refractivity contribution in [1.29, 1.82) is 0 Å². The van der Waals surface area contributed by atoms with E-state index in [2.05, 4.69) is 10.2 Å². The molecule has 0 aliphatic carbocycles. The molecule has 1 aromatic heterocycles. The van der Waals surface area contributed by atoms with E-state index in [1.165, 1.54) is 25.4 Å². The Morgan fingerprint density at radius 2 is 1.57 bits per heavy atom. The van der Waals surface area contributed by atoms with E-state index in [0.29, 0.717) is 44.8 Å². The molecule has 1 aromatic rings. The third-order valence-electron chi connectivity index (χ3n) is 5.45. The number of furan rings is 1. The van der Waals surface area contributed by atoms with Crippen LogP contribution < -0.4 is 5.32 Å². The quantitative estimate of drug-likeness (QED) is 0.782. The zero-order chi connectivity index (χ0) is 19.8. The standard InChI is InChI=1S/C20H30N4O4/c25-18(5-7-21-20(27)17-6-14-28-16-17)24-12-10-22(11-13-24)15-19(26)23-8-3-1-2-4-9-23/h6,14,16H,1-5,7-13,15H2,(H,21,27). The van der Waals surface area contributed by atoms with E-state index >= 15 is 0 Å².